The Kier molecular flexibility index (Phi) is 3.56. The van der Waals surface area contributed by atoms with Crippen LogP contribution in [0, 0.1) is 0 Å². The summed E-state index contributed by atoms with van der Waals surface area (Å²) in [5, 5.41) is 1.60. The minimum atomic E-state index is -0.725. The molecule has 76 valence electrons. The SMILES string of the molecule is [SiH3][SiH](c1ccccc1)C1CCCCO1. The van der Waals surface area contributed by atoms with Gasteiger partial charge in [-0.05, 0) is 19.3 Å². The molecular formula is C11H18OSi2. The monoisotopic (exact) mass is 222 g/mol. The maximum Gasteiger partial charge on any atom is 0.0869 e. The van der Waals surface area contributed by atoms with Gasteiger partial charge in [0.2, 0.25) is 0 Å². The molecule has 1 aliphatic rings. The van der Waals surface area contributed by atoms with Crippen molar-refractivity contribution < 1.29 is 4.74 Å². The molecule has 0 aromatic heterocycles. The fraction of sp³-hybridized carbons (Fsp3) is 0.455. The van der Waals surface area contributed by atoms with Crippen LogP contribution < -0.4 is 5.19 Å². The summed E-state index contributed by atoms with van der Waals surface area (Å²) < 4.78 is 5.89. The van der Waals surface area contributed by atoms with Gasteiger partial charge in [0.25, 0.3) is 0 Å². The summed E-state index contributed by atoms with van der Waals surface area (Å²) in [7, 11) is 0.606. The van der Waals surface area contributed by atoms with Gasteiger partial charge in [-0.1, -0.05) is 35.5 Å². The first kappa shape index (κ1) is 10.1. The van der Waals surface area contributed by atoms with Gasteiger partial charge < -0.3 is 4.74 Å². The van der Waals surface area contributed by atoms with E-state index in [1.54, 1.807) is 5.19 Å². The van der Waals surface area contributed by atoms with E-state index in [2.05, 4.69) is 30.3 Å². The predicted molar refractivity (Wildman–Crippen MR) is 66.8 cm³/mol. The minimum Gasteiger partial charge on any atom is -0.382 e. The van der Waals surface area contributed by atoms with E-state index < -0.39 is 8.31 Å². The summed E-state index contributed by atoms with van der Waals surface area (Å²) in [5.41, 5.74) is 0.637. The molecule has 1 aromatic carbocycles. The van der Waals surface area contributed by atoms with Gasteiger partial charge in [-0.25, -0.2) is 0 Å². The van der Waals surface area contributed by atoms with Crippen LogP contribution in [0.1, 0.15) is 19.3 Å². The summed E-state index contributed by atoms with van der Waals surface area (Å²) in [6.07, 6.45) is 3.96. The van der Waals surface area contributed by atoms with Crippen molar-refractivity contribution in [3.05, 3.63) is 30.3 Å². The van der Waals surface area contributed by atoms with Crippen molar-refractivity contribution in [3.63, 3.8) is 0 Å². The molecule has 0 amide bonds. The molecule has 0 saturated carbocycles. The number of hydrogen-bond donors (Lipinski definition) is 0. The summed E-state index contributed by atoms with van der Waals surface area (Å²) in [6.45, 7) is 1.00. The van der Waals surface area contributed by atoms with Crippen LogP contribution in [0.2, 0.25) is 0 Å². The van der Waals surface area contributed by atoms with Crippen molar-refractivity contribution in [3.8, 4) is 0 Å². The van der Waals surface area contributed by atoms with E-state index in [1.165, 1.54) is 29.0 Å². The first-order valence-corrected chi connectivity index (χ1v) is 11.4. The lowest BCUT2D eigenvalue weighted by molar-refractivity contribution is 0.0650. The van der Waals surface area contributed by atoms with Crippen LogP contribution in [0.3, 0.4) is 0 Å². The maximum absolute atomic E-state index is 5.89. The van der Waals surface area contributed by atoms with Crippen LogP contribution in [0.5, 0.6) is 0 Å². The topological polar surface area (TPSA) is 9.23 Å². The van der Waals surface area contributed by atoms with Crippen LogP contribution in [0.15, 0.2) is 30.3 Å². The van der Waals surface area contributed by atoms with Gasteiger partial charge in [0, 0.05) is 22.1 Å². The van der Waals surface area contributed by atoms with E-state index in [-0.39, 0.29) is 0 Å². The molecular weight excluding hydrogens is 204 g/mol. The van der Waals surface area contributed by atoms with Gasteiger partial charge in [-0.15, -0.1) is 0 Å². The zero-order chi connectivity index (χ0) is 9.80. The highest BCUT2D eigenvalue weighted by molar-refractivity contribution is 7.11. The molecule has 1 saturated heterocycles. The molecule has 0 N–H and O–H groups in total. The maximum atomic E-state index is 5.89. The van der Waals surface area contributed by atoms with Crippen molar-refractivity contribution in [2.45, 2.75) is 25.0 Å². The van der Waals surface area contributed by atoms with Gasteiger partial charge >= 0.3 is 0 Å². The van der Waals surface area contributed by atoms with Gasteiger partial charge in [0.05, 0.1) is 8.31 Å². The zero-order valence-electron chi connectivity index (χ0n) is 8.78. The van der Waals surface area contributed by atoms with Crippen molar-refractivity contribution in [2.24, 2.45) is 0 Å². The lowest BCUT2D eigenvalue weighted by Crippen LogP contribution is -2.46. The Morgan fingerprint density at radius 1 is 1.21 bits per heavy atom. The van der Waals surface area contributed by atoms with E-state index in [0.29, 0.717) is 5.73 Å². The molecule has 0 bridgehead atoms. The Labute approximate surface area is 90.3 Å². The summed E-state index contributed by atoms with van der Waals surface area (Å²) in [6, 6.07) is 11.0. The molecule has 0 spiro atoms. The minimum absolute atomic E-state index is 0.637. The van der Waals surface area contributed by atoms with Crippen LogP contribution in [0.4, 0.5) is 0 Å². The fourth-order valence-corrected chi connectivity index (χ4v) is 7.28. The Morgan fingerprint density at radius 2 is 2.00 bits per heavy atom. The fourth-order valence-electron chi connectivity index (χ4n) is 2.13. The second-order valence-electron chi connectivity index (χ2n) is 4.10. The molecule has 1 aromatic rings. The molecule has 1 fully saturated rings. The smallest absolute Gasteiger partial charge is 0.0869 e. The first-order chi connectivity index (χ1) is 6.88. The molecule has 3 heteroatoms. The third-order valence-corrected chi connectivity index (χ3v) is 10.4. The average Bonchev–Trinajstić information content (AvgIpc) is 2.30. The highest BCUT2D eigenvalue weighted by Crippen LogP contribution is 2.13. The molecule has 1 heterocycles. The number of hydrogen-bond acceptors (Lipinski definition) is 1. The van der Waals surface area contributed by atoms with E-state index in [9.17, 15) is 0 Å². The Bertz CT molecular complexity index is 270. The van der Waals surface area contributed by atoms with Crippen LogP contribution in [0.25, 0.3) is 0 Å². The molecule has 1 nitrogen and oxygen atoms in total. The van der Waals surface area contributed by atoms with E-state index in [4.69, 9.17) is 4.74 Å². The summed E-state index contributed by atoms with van der Waals surface area (Å²) >= 11 is 0. The second-order valence-corrected chi connectivity index (χ2v) is 10.8. The van der Waals surface area contributed by atoms with Gasteiger partial charge in [-0.3, -0.25) is 0 Å². The standard InChI is InChI=1S/C11H18OSi2/c13-14(10-6-2-1-3-7-10)11-8-4-5-9-12-11/h1-3,6-7,11,14H,4-5,8-9H2,13H3. The molecule has 0 radical (unpaired) electrons. The Morgan fingerprint density at radius 3 is 2.64 bits per heavy atom. The van der Waals surface area contributed by atoms with Crippen LogP contribution in [-0.2, 0) is 4.74 Å². The molecule has 14 heavy (non-hydrogen) atoms. The van der Waals surface area contributed by atoms with E-state index in [1.807, 2.05) is 0 Å². The molecule has 1 aliphatic heterocycles. The highest BCUT2D eigenvalue weighted by Gasteiger charge is 2.22. The molecule has 2 rings (SSSR count). The second kappa shape index (κ2) is 4.91. The molecule has 2 atom stereocenters. The number of ether oxygens (including phenoxy) is 1. The number of rotatable bonds is 2. The van der Waals surface area contributed by atoms with Crippen molar-refractivity contribution >= 4 is 23.3 Å². The normalized spacial score (nSPS) is 24.7. The molecule has 0 aliphatic carbocycles. The quantitative estimate of drug-likeness (QED) is 0.645. The van der Waals surface area contributed by atoms with Crippen molar-refractivity contribution in [1.82, 2.24) is 0 Å². The van der Waals surface area contributed by atoms with Crippen molar-refractivity contribution in [1.29, 1.82) is 0 Å². The number of benzene rings is 1. The third kappa shape index (κ3) is 2.35. The van der Waals surface area contributed by atoms with E-state index in [0.717, 1.165) is 6.61 Å². The Hall–Kier alpha value is -0.386. The lowest BCUT2D eigenvalue weighted by Gasteiger charge is -2.27. The molecule has 2 unspecified atom stereocenters. The lowest BCUT2D eigenvalue weighted by atomic mass is 10.2. The average molecular weight is 222 g/mol. The third-order valence-electron chi connectivity index (χ3n) is 3.10. The summed E-state index contributed by atoms with van der Waals surface area (Å²) in [5.74, 6) is 0. The summed E-state index contributed by atoms with van der Waals surface area (Å²) in [4.78, 5) is 0. The Balaban J connectivity index is 2.03. The first-order valence-electron chi connectivity index (χ1n) is 5.54. The largest absolute Gasteiger partial charge is 0.382 e. The van der Waals surface area contributed by atoms with Gasteiger partial charge in [0.15, 0.2) is 0 Å². The van der Waals surface area contributed by atoms with E-state index >= 15 is 0 Å². The van der Waals surface area contributed by atoms with Crippen LogP contribution in [-0.4, -0.2) is 30.4 Å². The van der Waals surface area contributed by atoms with Gasteiger partial charge in [0.1, 0.15) is 0 Å². The highest BCUT2D eigenvalue weighted by atomic mass is 29.1. The predicted octanol–water partition coefficient (Wildman–Crippen LogP) is 0.0911. The van der Waals surface area contributed by atoms with Gasteiger partial charge in [-0.2, -0.15) is 0 Å². The zero-order valence-corrected chi connectivity index (χ0v) is 11.9. The van der Waals surface area contributed by atoms with Crippen LogP contribution >= 0.6 is 0 Å². The van der Waals surface area contributed by atoms with Crippen molar-refractivity contribution in [2.75, 3.05) is 6.61 Å².